The van der Waals surface area contributed by atoms with Gasteiger partial charge in [0.1, 0.15) is 0 Å². The number of hydrogen-bond donors (Lipinski definition) is 1. The van der Waals surface area contributed by atoms with Gasteiger partial charge in [-0.25, -0.2) is 0 Å². The van der Waals surface area contributed by atoms with Gasteiger partial charge in [0.15, 0.2) is 0 Å². The van der Waals surface area contributed by atoms with E-state index in [1.165, 1.54) is 5.57 Å². The maximum Gasteiger partial charge on any atom is 0.0227 e. The summed E-state index contributed by atoms with van der Waals surface area (Å²) in [4.78, 5) is 0. The average Bonchev–Trinajstić information content (AvgIpc) is 1.87. The van der Waals surface area contributed by atoms with Crippen LogP contribution in [0.4, 0.5) is 0 Å². The second-order valence-electron chi connectivity index (χ2n) is 2.64. The Morgan fingerprint density at radius 2 is 2.09 bits per heavy atom. The number of allylic oxidation sites excluding steroid dienone is 3. The lowest BCUT2D eigenvalue weighted by atomic mass is 10.1. The van der Waals surface area contributed by atoms with Crippen molar-refractivity contribution in [1.82, 2.24) is 0 Å². The zero-order valence-corrected chi connectivity index (χ0v) is 8.15. The second kappa shape index (κ2) is 5.39. The average molecular weight is 174 g/mol. The molecule has 64 valence electrons. The molecule has 1 nitrogen and oxygen atoms in total. The van der Waals surface area contributed by atoms with E-state index in [1.54, 1.807) is 0 Å². The summed E-state index contributed by atoms with van der Waals surface area (Å²) in [6, 6.07) is 0.132. The molecular weight excluding hydrogens is 158 g/mol. The van der Waals surface area contributed by atoms with E-state index in [2.05, 4.69) is 6.92 Å². The maximum atomic E-state index is 5.69. The van der Waals surface area contributed by atoms with Crippen LogP contribution in [-0.2, 0) is 0 Å². The minimum absolute atomic E-state index is 0.132. The van der Waals surface area contributed by atoms with Gasteiger partial charge in [-0.15, -0.1) is 0 Å². The van der Waals surface area contributed by atoms with Crippen molar-refractivity contribution in [3.63, 3.8) is 0 Å². The third-order valence-electron chi connectivity index (χ3n) is 1.52. The highest BCUT2D eigenvalue weighted by atomic mass is 35.5. The molecule has 0 aromatic heterocycles. The van der Waals surface area contributed by atoms with Crippen molar-refractivity contribution >= 4 is 11.6 Å². The fourth-order valence-electron chi connectivity index (χ4n) is 0.813. The van der Waals surface area contributed by atoms with E-state index in [0.29, 0.717) is 0 Å². The Morgan fingerprint density at radius 1 is 1.55 bits per heavy atom. The Kier molecular flexibility index (Phi) is 5.26. The van der Waals surface area contributed by atoms with Gasteiger partial charge in [-0.2, -0.15) is 0 Å². The van der Waals surface area contributed by atoms with E-state index in [1.807, 2.05) is 26.0 Å². The molecule has 0 spiro atoms. The summed E-state index contributed by atoms with van der Waals surface area (Å²) in [7, 11) is 0. The highest BCUT2D eigenvalue weighted by molar-refractivity contribution is 6.29. The second-order valence-corrected chi connectivity index (χ2v) is 3.23. The fourth-order valence-corrected chi connectivity index (χ4v) is 0.876. The molecule has 0 saturated heterocycles. The van der Waals surface area contributed by atoms with Crippen molar-refractivity contribution in [2.75, 3.05) is 0 Å². The third-order valence-corrected chi connectivity index (χ3v) is 1.65. The topological polar surface area (TPSA) is 26.0 Å². The van der Waals surface area contributed by atoms with E-state index >= 15 is 0 Å². The van der Waals surface area contributed by atoms with E-state index < -0.39 is 0 Å². The van der Waals surface area contributed by atoms with Crippen LogP contribution in [0.3, 0.4) is 0 Å². The molecule has 11 heavy (non-hydrogen) atoms. The van der Waals surface area contributed by atoms with Gasteiger partial charge < -0.3 is 5.73 Å². The Morgan fingerprint density at radius 3 is 2.36 bits per heavy atom. The van der Waals surface area contributed by atoms with Gasteiger partial charge in [0.05, 0.1) is 0 Å². The first-order chi connectivity index (χ1) is 5.07. The molecule has 0 aromatic rings. The smallest absolute Gasteiger partial charge is 0.0227 e. The minimum Gasteiger partial charge on any atom is -0.324 e. The molecule has 0 radical (unpaired) electrons. The Hall–Kier alpha value is -0.270. The number of rotatable bonds is 3. The summed E-state index contributed by atoms with van der Waals surface area (Å²) in [5, 5.41) is 0.789. The molecule has 1 atom stereocenters. The molecular formula is C9H16ClN. The van der Waals surface area contributed by atoms with E-state index in [9.17, 15) is 0 Å². The molecule has 0 fully saturated rings. The maximum absolute atomic E-state index is 5.69. The van der Waals surface area contributed by atoms with E-state index in [-0.39, 0.29) is 6.04 Å². The normalized spacial score (nSPS) is 16.8. The SMILES string of the molecule is CC/C(=C\C=C(/C)Cl)C(C)N. The van der Waals surface area contributed by atoms with Crippen LogP contribution in [0.2, 0.25) is 0 Å². The summed E-state index contributed by atoms with van der Waals surface area (Å²) in [5.74, 6) is 0. The summed E-state index contributed by atoms with van der Waals surface area (Å²) in [5.41, 5.74) is 6.92. The van der Waals surface area contributed by atoms with Gasteiger partial charge in [0.2, 0.25) is 0 Å². The first kappa shape index (κ1) is 10.7. The largest absolute Gasteiger partial charge is 0.324 e. The highest BCUT2D eigenvalue weighted by Gasteiger charge is 1.97. The van der Waals surface area contributed by atoms with Gasteiger partial charge >= 0.3 is 0 Å². The summed E-state index contributed by atoms with van der Waals surface area (Å²) in [6.07, 6.45) is 4.86. The zero-order valence-electron chi connectivity index (χ0n) is 7.39. The molecule has 2 heteroatoms. The molecule has 0 aliphatic carbocycles. The molecule has 0 aromatic carbocycles. The van der Waals surface area contributed by atoms with Crippen molar-refractivity contribution in [3.05, 3.63) is 22.8 Å². The van der Waals surface area contributed by atoms with Crippen LogP contribution in [0.15, 0.2) is 22.8 Å². The molecule has 2 N–H and O–H groups in total. The highest BCUT2D eigenvalue weighted by Crippen LogP contribution is 2.07. The van der Waals surface area contributed by atoms with Crippen molar-refractivity contribution < 1.29 is 0 Å². The van der Waals surface area contributed by atoms with Crippen LogP contribution < -0.4 is 5.73 Å². The predicted octanol–water partition coefficient (Wildman–Crippen LogP) is 2.81. The van der Waals surface area contributed by atoms with Gasteiger partial charge in [0.25, 0.3) is 0 Å². The monoisotopic (exact) mass is 173 g/mol. The van der Waals surface area contributed by atoms with Gasteiger partial charge in [-0.1, -0.05) is 30.2 Å². The van der Waals surface area contributed by atoms with Crippen molar-refractivity contribution in [3.8, 4) is 0 Å². The molecule has 1 unspecified atom stereocenters. The zero-order chi connectivity index (χ0) is 8.85. The standard InChI is InChI=1S/C9H16ClN/c1-4-9(8(3)11)6-5-7(2)10/h5-6,8H,4,11H2,1-3H3/b7-5+,9-6+. The molecule has 0 bridgehead atoms. The van der Waals surface area contributed by atoms with E-state index in [0.717, 1.165) is 11.5 Å². The number of hydrogen-bond acceptors (Lipinski definition) is 1. The Bertz CT molecular complexity index is 164. The van der Waals surface area contributed by atoms with Crippen LogP contribution in [0.1, 0.15) is 27.2 Å². The predicted molar refractivity (Wildman–Crippen MR) is 51.6 cm³/mol. The van der Waals surface area contributed by atoms with E-state index in [4.69, 9.17) is 17.3 Å². The molecule has 0 amide bonds. The molecule has 0 rings (SSSR count). The lowest BCUT2D eigenvalue weighted by Gasteiger charge is -2.06. The first-order valence-corrected chi connectivity index (χ1v) is 4.24. The third kappa shape index (κ3) is 5.05. The van der Waals surface area contributed by atoms with Gasteiger partial charge in [-0.05, 0) is 26.3 Å². The number of nitrogens with two attached hydrogens (primary N) is 1. The molecule has 0 aliphatic rings. The molecule has 0 saturated carbocycles. The van der Waals surface area contributed by atoms with Crippen molar-refractivity contribution in [1.29, 1.82) is 0 Å². The summed E-state index contributed by atoms with van der Waals surface area (Å²) in [6.45, 7) is 5.92. The summed E-state index contributed by atoms with van der Waals surface area (Å²) < 4.78 is 0. The molecule has 0 heterocycles. The van der Waals surface area contributed by atoms with Crippen molar-refractivity contribution in [2.24, 2.45) is 5.73 Å². The first-order valence-electron chi connectivity index (χ1n) is 3.86. The Balaban J connectivity index is 4.24. The van der Waals surface area contributed by atoms with Gasteiger partial charge in [0, 0.05) is 11.1 Å². The van der Waals surface area contributed by atoms with Crippen LogP contribution >= 0.6 is 11.6 Å². The lowest BCUT2D eigenvalue weighted by Crippen LogP contribution is -2.17. The van der Waals surface area contributed by atoms with Crippen LogP contribution in [0, 0.1) is 0 Å². The van der Waals surface area contributed by atoms with Crippen molar-refractivity contribution in [2.45, 2.75) is 33.2 Å². The van der Waals surface area contributed by atoms with Crippen LogP contribution in [0.25, 0.3) is 0 Å². The molecule has 0 aliphatic heterocycles. The lowest BCUT2D eigenvalue weighted by molar-refractivity contribution is 0.814. The fraction of sp³-hybridized carbons (Fsp3) is 0.556. The quantitative estimate of drug-likeness (QED) is 0.653. The Labute approximate surface area is 73.9 Å². The number of halogens is 1. The summed E-state index contributed by atoms with van der Waals surface area (Å²) >= 11 is 5.66. The van der Waals surface area contributed by atoms with Crippen LogP contribution in [-0.4, -0.2) is 6.04 Å². The van der Waals surface area contributed by atoms with Gasteiger partial charge in [-0.3, -0.25) is 0 Å². The van der Waals surface area contributed by atoms with Crippen LogP contribution in [0.5, 0.6) is 0 Å². The minimum atomic E-state index is 0.132.